The van der Waals surface area contributed by atoms with E-state index in [4.69, 9.17) is 9.16 Å². The van der Waals surface area contributed by atoms with Crippen molar-refractivity contribution in [3.8, 4) is 0 Å². The van der Waals surface area contributed by atoms with E-state index in [0.717, 1.165) is 45.3 Å². The van der Waals surface area contributed by atoms with Crippen LogP contribution in [0.4, 0.5) is 0 Å². The minimum Gasteiger partial charge on any atom is -0.462 e. The van der Waals surface area contributed by atoms with Gasteiger partial charge in [-0.15, -0.1) is 0 Å². The summed E-state index contributed by atoms with van der Waals surface area (Å²) in [5.74, 6) is -0.00695. The first-order valence-electron chi connectivity index (χ1n) is 14.1. The quantitative estimate of drug-likeness (QED) is 0.101. The number of unbranched alkanes of at least 4 members (excludes halogenated alkanes) is 6. The summed E-state index contributed by atoms with van der Waals surface area (Å²) in [4.78, 5) is 12.6. The highest BCUT2D eigenvalue weighted by Crippen LogP contribution is 2.36. The Morgan fingerprint density at radius 1 is 0.848 bits per heavy atom. The predicted molar refractivity (Wildman–Crippen MR) is 146 cm³/mol. The van der Waals surface area contributed by atoms with E-state index in [1.165, 1.54) is 51.4 Å². The van der Waals surface area contributed by atoms with Crippen molar-refractivity contribution in [1.29, 1.82) is 0 Å². The van der Waals surface area contributed by atoms with Gasteiger partial charge in [-0.25, -0.2) is 0 Å². The maximum absolute atomic E-state index is 12.6. The van der Waals surface area contributed by atoms with Crippen LogP contribution in [0.2, 0.25) is 18.1 Å². The number of nitrogens with one attached hydrogen (secondary N) is 1. The lowest BCUT2D eigenvalue weighted by Crippen LogP contribution is -2.41. The first-order valence-corrected chi connectivity index (χ1v) is 17.0. The van der Waals surface area contributed by atoms with Gasteiger partial charge in [0.25, 0.3) is 0 Å². The van der Waals surface area contributed by atoms with E-state index in [9.17, 15) is 4.79 Å². The van der Waals surface area contributed by atoms with Gasteiger partial charge in [0.15, 0.2) is 8.32 Å². The van der Waals surface area contributed by atoms with Crippen LogP contribution < -0.4 is 5.32 Å². The highest BCUT2D eigenvalue weighted by molar-refractivity contribution is 6.74. The van der Waals surface area contributed by atoms with Crippen molar-refractivity contribution in [3.63, 3.8) is 0 Å². The summed E-state index contributed by atoms with van der Waals surface area (Å²) in [5.41, 5.74) is 0. The van der Waals surface area contributed by atoms with Gasteiger partial charge >= 0.3 is 5.97 Å². The van der Waals surface area contributed by atoms with Gasteiger partial charge in [-0.05, 0) is 69.6 Å². The number of carbonyl (C=O) groups excluding carboxylic acids is 1. The Hall–Kier alpha value is -0.393. The summed E-state index contributed by atoms with van der Waals surface area (Å²) in [6.45, 7) is 19.9. The van der Waals surface area contributed by atoms with Crippen LogP contribution in [-0.4, -0.2) is 39.6 Å². The molecular formula is C28H59NO3Si. The number of carbonyl (C=O) groups is 1. The monoisotopic (exact) mass is 485 g/mol. The van der Waals surface area contributed by atoms with Crippen LogP contribution in [0.15, 0.2) is 0 Å². The standard InChI is InChI=1S/C28H59NO3Si/c1-9-12-14-16-19-26(20-17-15-13-10-2)32-27(30)22-21-25(11-3)29-23-18-24-31-33(7,8)28(4,5)6/h25-26,29H,9-24H2,1-8H3. The molecule has 0 aliphatic rings. The molecule has 0 spiro atoms. The van der Waals surface area contributed by atoms with E-state index in [1.807, 2.05) is 0 Å². The fraction of sp³-hybridized carbons (Fsp3) is 0.964. The number of hydrogen-bond acceptors (Lipinski definition) is 4. The molecule has 0 aliphatic carbocycles. The molecule has 0 bridgehead atoms. The lowest BCUT2D eigenvalue weighted by Gasteiger charge is -2.36. The fourth-order valence-corrected chi connectivity index (χ4v) is 4.86. The normalized spacial score (nSPS) is 13.5. The smallest absolute Gasteiger partial charge is 0.306 e. The number of hydrogen-bond donors (Lipinski definition) is 1. The van der Waals surface area contributed by atoms with Crippen molar-refractivity contribution >= 4 is 14.3 Å². The van der Waals surface area contributed by atoms with Gasteiger partial charge in [-0.2, -0.15) is 0 Å². The summed E-state index contributed by atoms with van der Waals surface area (Å²) in [7, 11) is -1.65. The molecule has 33 heavy (non-hydrogen) atoms. The molecule has 1 unspecified atom stereocenters. The van der Waals surface area contributed by atoms with Crippen LogP contribution in [0.25, 0.3) is 0 Å². The Kier molecular flexibility index (Phi) is 18.6. The Morgan fingerprint density at radius 3 is 1.91 bits per heavy atom. The van der Waals surface area contributed by atoms with E-state index in [1.54, 1.807) is 0 Å². The Balaban J connectivity index is 4.27. The average molecular weight is 486 g/mol. The maximum atomic E-state index is 12.6. The van der Waals surface area contributed by atoms with Crippen LogP contribution >= 0.6 is 0 Å². The van der Waals surface area contributed by atoms with Crippen LogP contribution in [-0.2, 0) is 14.0 Å². The second kappa shape index (κ2) is 18.9. The molecule has 0 radical (unpaired) electrons. The molecule has 0 heterocycles. The van der Waals surface area contributed by atoms with Crippen LogP contribution in [0, 0.1) is 0 Å². The van der Waals surface area contributed by atoms with Gasteiger partial charge < -0.3 is 14.5 Å². The molecule has 0 aromatic carbocycles. The molecule has 0 amide bonds. The lowest BCUT2D eigenvalue weighted by atomic mass is 10.0. The molecule has 4 nitrogen and oxygen atoms in total. The van der Waals surface area contributed by atoms with Crippen LogP contribution in [0.1, 0.15) is 131 Å². The zero-order valence-electron chi connectivity index (χ0n) is 23.7. The summed E-state index contributed by atoms with van der Waals surface area (Å²) >= 11 is 0. The van der Waals surface area contributed by atoms with Gasteiger partial charge in [-0.3, -0.25) is 4.79 Å². The molecule has 1 N–H and O–H groups in total. The summed E-state index contributed by atoms with van der Waals surface area (Å²) in [5, 5.41) is 3.89. The first-order chi connectivity index (χ1) is 15.6. The minimum absolute atomic E-state index is 0.00695. The van der Waals surface area contributed by atoms with Crippen molar-refractivity contribution < 1.29 is 14.0 Å². The topological polar surface area (TPSA) is 47.6 Å². The first kappa shape index (κ1) is 32.6. The van der Waals surface area contributed by atoms with Gasteiger partial charge in [-0.1, -0.05) is 80.1 Å². The lowest BCUT2D eigenvalue weighted by molar-refractivity contribution is -0.150. The number of rotatable bonds is 21. The largest absolute Gasteiger partial charge is 0.462 e. The molecule has 1 atom stereocenters. The number of ether oxygens (including phenoxy) is 1. The molecule has 0 aromatic heterocycles. The molecular weight excluding hydrogens is 426 g/mol. The van der Waals surface area contributed by atoms with Crippen LogP contribution in [0.3, 0.4) is 0 Å². The Labute approximate surface area is 208 Å². The summed E-state index contributed by atoms with van der Waals surface area (Å²) in [6, 6.07) is 0.373. The molecule has 0 aliphatic heterocycles. The highest BCUT2D eigenvalue weighted by Gasteiger charge is 2.36. The molecule has 0 aromatic rings. The maximum Gasteiger partial charge on any atom is 0.306 e. The highest BCUT2D eigenvalue weighted by atomic mass is 28.4. The van der Waals surface area contributed by atoms with E-state index >= 15 is 0 Å². The zero-order valence-corrected chi connectivity index (χ0v) is 24.7. The van der Waals surface area contributed by atoms with Crippen molar-refractivity contribution in [2.24, 2.45) is 0 Å². The molecule has 0 fully saturated rings. The Bertz CT molecular complexity index is 464. The SMILES string of the molecule is CCCCCCC(CCCCCC)OC(=O)CCC(CC)NCCCO[Si](C)(C)C(C)(C)C. The predicted octanol–water partition coefficient (Wildman–Crippen LogP) is 8.40. The third-order valence-corrected chi connectivity index (χ3v) is 11.8. The fourth-order valence-electron chi connectivity index (χ4n) is 3.77. The second-order valence-corrected chi connectivity index (χ2v) is 16.2. The van der Waals surface area contributed by atoms with Crippen molar-refractivity contribution in [2.45, 2.75) is 162 Å². The van der Waals surface area contributed by atoms with Crippen molar-refractivity contribution in [1.82, 2.24) is 5.32 Å². The van der Waals surface area contributed by atoms with Crippen molar-refractivity contribution in [3.05, 3.63) is 0 Å². The van der Waals surface area contributed by atoms with Crippen molar-refractivity contribution in [2.75, 3.05) is 13.2 Å². The third-order valence-electron chi connectivity index (χ3n) is 7.27. The van der Waals surface area contributed by atoms with E-state index in [-0.39, 0.29) is 17.1 Å². The van der Waals surface area contributed by atoms with E-state index in [0.29, 0.717) is 12.5 Å². The summed E-state index contributed by atoms with van der Waals surface area (Å²) < 4.78 is 12.2. The molecule has 198 valence electrons. The molecule has 0 saturated carbocycles. The minimum atomic E-state index is -1.65. The van der Waals surface area contributed by atoms with Gasteiger partial charge in [0.2, 0.25) is 0 Å². The second-order valence-electron chi connectivity index (χ2n) is 11.4. The number of esters is 1. The zero-order chi connectivity index (χ0) is 25.2. The molecule has 0 rings (SSSR count). The van der Waals surface area contributed by atoms with E-state index < -0.39 is 8.32 Å². The van der Waals surface area contributed by atoms with Gasteiger partial charge in [0.1, 0.15) is 6.10 Å². The molecule has 5 heteroatoms. The van der Waals surface area contributed by atoms with Gasteiger partial charge in [0, 0.05) is 19.1 Å². The average Bonchev–Trinajstić information content (AvgIpc) is 2.75. The third kappa shape index (κ3) is 16.8. The Morgan fingerprint density at radius 2 is 1.42 bits per heavy atom. The summed E-state index contributed by atoms with van der Waals surface area (Å²) in [6.07, 6.45) is 15.5. The van der Waals surface area contributed by atoms with E-state index in [2.05, 4.69) is 60.0 Å². The molecule has 0 saturated heterocycles. The van der Waals surface area contributed by atoms with Gasteiger partial charge in [0.05, 0.1) is 0 Å². The van der Waals surface area contributed by atoms with Crippen LogP contribution in [0.5, 0.6) is 0 Å².